The van der Waals surface area contributed by atoms with Crippen LogP contribution in [0, 0.1) is 0 Å². The molecule has 2 heterocycles. The minimum atomic E-state index is -1.21. The number of fused-ring (bicyclic) bond motifs is 1. The van der Waals surface area contributed by atoms with Gasteiger partial charge in [-0.2, -0.15) is 0 Å². The second-order valence-corrected chi connectivity index (χ2v) is 6.45. The third kappa shape index (κ3) is 4.23. The lowest BCUT2D eigenvalue weighted by Crippen LogP contribution is -2.30. The first kappa shape index (κ1) is 20.0. The van der Waals surface area contributed by atoms with Gasteiger partial charge in [0.1, 0.15) is 11.3 Å². The van der Waals surface area contributed by atoms with E-state index in [9.17, 15) is 14.4 Å². The maximum atomic E-state index is 12.6. The van der Waals surface area contributed by atoms with Gasteiger partial charge in [-0.1, -0.05) is 0 Å². The van der Waals surface area contributed by atoms with E-state index < -0.39 is 12.0 Å². The number of hydrogen-bond donors (Lipinski definition) is 3. The van der Waals surface area contributed by atoms with Crippen LogP contribution in [0.25, 0.3) is 11.0 Å². The molecule has 3 amide bonds. The van der Waals surface area contributed by atoms with E-state index in [0.29, 0.717) is 41.1 Å². The number of anilines is 2. The molecule has 3 rings (SSSR count). The van der Waals surface area contributed by atoms with Gasteiger partial charge >= 0.3 is 6.09 Å². The molecule has 3 N–H and O–H groups in total. The van der Waals surface area contributed by atoms with Crippen LogP contribution in [0.15, 0.2) is 40.9 Å². The molecule has 0 spiro atoms. The predicted octanol–water partition coefficient (Wildman–Crippen LogP) is 3.60. The quantitative estimate of drug-likeness (QED) is 0.587. The highest BCUT2D eigenvalue weighted by atomic mass is 16.4. The first-order valence-electron chi connectivity index (χ1n) is 9.12. The van der Waals surface area contributed by atoms with Crippen molar-refractivity contribution in [3.8, 4) is 0 Å². The average Bonchev–Trinajstić information content (AvgIpc) is 3.25. The molecule has 1 aromatic carbocycles. The zero-order chi connectivity index (χ0) is 21.1. The van der Waals surface area contributed by atoms with E-state index in [1.54, 1.807) is 36.2 Å². The normalized spacial score (nSPS) is 10.7. The topological polar surface area (TPSA) is 117 Å². The van der Waals surface area contributed by atoms with Crippen molar-refractivity contribution in [2.24, 2.45) is 7.05 Å². The van der Waals surface area contributed by atoms with Gasteiger partial charge in [-0.15, -0.1) is 0 Å². The Morgan fingerprint density at radius 1 is 1.07 bits per heavy atom. The molecular formula is C20H22N4O5. The number of carboxylic acid groups (broad SMARTS) is 1. The number of aryl methyl sites for hydroxylation is 1. The molecule has 2 aromatic heterocycles. The third-order valence-electron chi connectivity index (χ3n) is 4.52. The third-order valence-corrected chi connectivity index (χ3v) is 4.52. The van der Waals surface area contributed by atoms with E-state index >= 15 is 0 Å². The van der Waals surface area contributed by atoms with Gasteiger partial charge in [0.15, 0.2) is 5.76 Å². The first-order chi connectivity index (χ1) is 13.8. The van der Waals surface area contributed by atoms with Crippen LogP contribution < -0.4 is 10.6 Å². The van der Waals surface area contributed by atoms with Crippen molar-refractivity contribution in [1.29, 1.82) is 0 Å². The number of hydrogen-bond acceptors (Lipinski definition) is 4. The summed E-state index contributed by atoms with van der Waals surface area (Å²) in [7, 11) is 1.65. The number of furan rings is 1. The molecule has 29 heavy (non-hydrogen) atoms. The molecule has 0 aliphatic rings. The van der Waals surface area contributed by atoms with Gasteiger partial charge in [0.2, 0.25) is 0 Å². The Bertz CT molecular complexity index is 1080. The molecule has 0 saturated heterocycles. The molecule has 0 atom stereocenters. The predicted molar refractivity (Wildman–Crippen MR) is 108 cm³/mol. The van der Waals surface area contributed by atoms with Crippen molar-refractivity contribution in [1.82, 2.24) is 9.47 Å². The largest absolute Gasteiger partial charge is 0.465 e. The monoisotopic (exact) mass is 398 g/mol. The highest BCUT2D eigenvalue weighted by molar-refractivity contribution is 6.05. The van der Waals surface area contributed by atoms with E-state index in [-0.39, 0.29) is 11.7 Å². The standard InChI is InChI=1S/C20H22N4O5/c1-4-24(5-2)19(26)17-9-12-8-13(6-7-16(12)29-17)21-18(25)15-10-14(11-23(15)3)22-20(27)28/h6-11,22H,4-5H2,1-3H3,(H,21,25)(H,27,28). The Hall–Kier alpha value is -3.75. The fraction of sp³-hybridized carbons (Fsp3) is 0.250. The van der Waals surface area contributed by atoms with Crippen LogP contribution in [0.3, 0.4) is 0 Å². The number of nitrogens with one attached hydrogen (secondary N) is 2. The lowest BCUT2D eigenvalue weighted by molar-refractivity contribution is 0.0743. The fourth-order valence-corrected chi connectivity index (χ4v) is 3.07. The van der Waals surface area contributed by atoms with Crippen molar-refractivity contribution in [2.45, 2.75) is 13.8 Å². The Morgan fingerprint density at radius 2 is 1.79 bits per heavy atom. The summed E-state index contributed by atoms with van der Waals surface area (Å²) in [6.45, 7) is 4.98. The molecule has 3 aromatic rings. The van der Waals surface area contributed by atoms with Crippen LogP contribution in [-0.2, 0) is 7.05 Å². The molecule has 0 fully saturated rings. The SMILES string of the molecule is CCN(CC)C(=O)c1cc2cc(NC(=O)c3cc(NC(=O)O)cn3C)ccc2o1. The molecule has 152 valence electrons. The van der Waals surface area contributed by atoms with Gasteiger partial charge in [-0.3, -0.25) is 14.9 Å². The zero-order valence-corrected chi connectivity index (χ0v) is 16.4. The molecule has 0 bridgehead atoms. The summed E-state index contributed by atoms with van der Waals surface area (Å²) in [5.74, 6) is -0.328. The van der Waals surface area contributed by atoms with Gasteiger partial charge < -0.3 is 24.3 Å². The Morgan fingerprint density at radius 3 is 2.45 bits per heavy atom. The van der Waals surface area contributed by atoms with E-state index in [1.807, 2.05) is 13.8 Å². The maximum Gasteiger partial charge on any atom is 0.409 e. The minimum absolute atomic E-state index is 0.181. The van der Waals surface area contributed by atoms with E-state index in [0.717, 1.165) is 0 Å². The summed E-state index contributed by atoms with van der Waals surface area (Å²) in [6.07, 6.45) is 0.302. The molecule has 9 nitrogen and oxygen atoms in total. The minimum Gasteiger partial charge on any atom is -0.465 e. The number of benzene rings is 1. The average molecular weight is 398 g/mol. The number of amides is 3. The summed E-state index contributed by atoms with van der Waals surface area (Å²) in [4.78, 5) is 37.4. The van der Waals surface area contributed by atoms with Crippen LogP contribution in [0.5, 0.6) is 0 Å². The number of nitrogens with zero attached hydrogens (tertiary/aromatic N) is 2. The van der Waals surface area contributed by atoms with Crippen molar-refractivity contribution in [2.75, 3.05) is 23.7 Å². The zero-order valence-electron chi connectivity index (χ0n) is 16.4. The summed E-state index contributed by atoms with van der Waals surface area (Å²) in [5, 5.41) is 14.5. The van der Waals surface area contributed by atoms with Gasteiger partial charge in [0.25, 0.3) is 11.8 Å². The maximum absolute atomic E-state index is 12.6. The molecule has 0 aliphatic carbocycles. The van der Waals surface area contributed by atoms with Crippen molar-refractivity contribution < 1.29 is 23.9 Å². The first-order valence-corrected chi connectivity index (χ1v) is 9.12. The van der Waals surface area contributed by atoms with Crippen molar-refractivity contribution in [3.05, 3.63) is 48.0 Å². The van der Waals surface area contributed by atoms with Crippen LogP contribution in [0.1, 0.15) is 34.9 Å². The van der Waals surface area contributed by atoms with Crippen LogP contribution >= 0.6 is 0 Å². The van der Waals surface area contributed by atoms with Crippen LogP contribution in [0.2, 0.25) is 0 Å². The van der Waals surface area contributed by atoms with E-state index in [2.05, 4.69) is 10.6 Å². The molecule has 0 unspecified atom stereocenters. The smallest absolute Gasteiger partial charge is 0.409 e. The van der Waals surface area contributed by atoms with Crippen molar-refractivity contribution >= 4 is 40.3 Å². The Labute approximate surface area is 166 Å². The van der Waals surface area contributed by atoms with Crippen LogP contribution in [-0.4, -0.2) is 45.6 Å². The van der Waals surface area contributed by atoms with Gasteiger partial charge in [0.05, 0.1) is 5.69 Å². The van der Waals surface area contributed by atoms with E-state index in [1.165, 1.54) is 16.8 Å². The Kier molecular flexibility index (Phi) is 5.58. The molecule has 0 saturated carbocycles. The summed E-state index contributed by atoms with van der Waals surface area (Å²) in [5.41, 5.74) is 1.66. The lowest BCUT2D eigenvalue weighted by Gasteiger charge is -2.16. The number of carbonyl (C=O) groups is 3. The molecular weight excluding hydrogens is 376 g/mol. The number of aromatic nitrogens is 1. The van der Waals surface area contributed by atoms with Gasteiger partial charge in [-0.05, 0) is 44.2 Å². The van der Waals surface area contributed by atoms with E-state index in [4.69, 9.17) is 9.52 Å². The molecule has 0 radical (unpaired) electrons. The highest BCUT2D eigenvalue weighted by Crippen LogP contribution is 2.25. The van der Waals surface area contributed by atoms with Crippen LogP contribution in [0.4, 0.5) is 16.2 Å². The summed E-state index contributed by atoms with van der Waals surface area (Å²) in [6, 6.07) is 8.18. The van der Waals surface area contributed by atoms with Gasteiger partial charge in [0, 0.05) is 37.4 Å². The van der Waals surface area contributed by atoms with Crippen molar-refractivity contribution in [3.63, 3.8) is 0 Å². The Balaban J connectivity index is 1.80. The second kappa shape index (κ2) is 8.09. The summed E-state index contributed by atoms with van der Waals surface area (Å²) < 4.78 is 7.17. The molecule has 0 aliphatic heterocycles. The number of carbonyl (C=O) groups excluding carboxylic acids is 2. The van der Waals surface area contributed by atoms with Gasteiger partial charge in [-0.25, -0.2) is 4.79 Å². The highest BCUT2D eigenvalue weighted by Gasteiger charge is 2.18. The lowest BCUT2D eigenvalue weighted by atomic mass is 10.2. The fourth-order valence-electron chi connectivity index (χ4n) is 3.07. The molecule has 9 heteroatoms. The number of rotatable bonds is 6. The second-order valence-electron chi connectivity index (χ2n) is 6.45. The summed E-state index contributed by atoms with van der Waals surface area (Å²) >= 11 is 0.